The standard InChI is InChI=1S/C12H15N5OS2/c1-18-9-5-3-8(4-6-9)15-11(13)14-7-10-16-17-12(19-2)20-10/h3-6H,7H2,1-2H3,(H3,13,14,15). The third-order valence-electron chi connectivity index (χ3n) is 2.37. The molecule has 0 amide bonds. The Morgan fingerprint density at radius 1 is 1.40 bits per heavy atom. The summed E-state index contributed by atoms with van der Waals surface area (Å²) in [6, 6.07) is 7.45. The monoisotopic (exact) mass is 309 g/mol. The van der Waals surface area contributed by atoms with E-state index in [-0.39, 0.29) is 0 Å². The van der Waals surface area contributed by atoms with Crippen molar-refractivity contribution in [3.63, 3.8) is 0 Å². The van der Waals surface area contributed by atoms with E-state index in [9.17, 15) is 0 Å². The molecule has 6 nitrogen and oxygen atoms in total. The summed E-state index contributed by atoms with van der Waals surface area (Å²) in [5, 5.41) is 11.9. The van der Waals surface area contributed by atoms with Gasteiger partial charge in [0, 0.05) is 5.69 Å². The number of methoxy groups -OCH3 is 1. The van der Waals surface area contributed by atoms with Crippen LogP contribution in [0.1, 0.15) is 5.01 Å². The molecule has 0 spiro atoms. The minimum atomic E-state index is 0.344. The van der Waals surface area contributed by atoms with Crippen molar-refractivity contribution < 1.29 is 4.74 Å². The van der Waals surface area contributed by atoms with E-state index in [0.29, 0.717) is 12.5 Å². The van der Waals surface area contributed by atoms with E-state index in [2.05, 4.69) is 20.5 Å². The first-order valence-electron chi connectivity index (χ1n) is 5.78. The highest BCUT2D eigenvalue weighted by Gasteiger charge is 2.02. The Labute approximate surface area is 125 Å². The van der Waals surface area contributed by atoms with Crippen molar-refractivity contribution in [2.24, 2.45) is 10.7 Å². The van der Waals surface area contributed by atoms with Crippen LogP contribution in [-0.4, -0.2) is 29.5 Å². The van der Waals surface area contributed by atoms with Crippen LogP contribution in [0, 0.1) is 0 Å². The highest BCUT2D eigenvalue weighted by atomic mass is 32.2. The molecule has 0 unspecified atom stereocenters. The van der Waals surface area contributed by atoms with E-state index in [0.717, 1.165) is 20.8 Å². The third kappa shape index (κ3) is 4.10. The van der Waals surface area contributed by atoms with Crippen LogP contribution in [0.3, 0.4) is 0 Å². The largest absolute Gasteiger partial charge is 0.497 e. The van der Waals surface area contributed by atoms with E-state index < -0.39 is 0 Å². The molecule has 0 saturated heterocycles. The van der Waals surface area contributed by atoms with Crippen LogP contribution < -0.4 is 15.8 Å². The Morgan fingerprint density at radius 2 is 2.15 bits per heavy atom. The number of hydrogen-bond donors (Lipinski definition) is 2. The first kappa shape index (κ1) is 14.6. The zero-order valence-corrected chi connectivity index (χ0v) is 12.8. The first-order valence-corrected chi connectivity index (χ1v) is 7.82. The summed E-state index contributed by atoms with van der Waals surface area (Å²) in [6.07, 6.45) is 1.97. The van der Waals surface area contributed by atoms with Gasteiger partial charge in [-0.15, -0.1) is 10.2 Å². The topological polar surface area (TPSA) is 85.4 Å². The number of rotatable bonds is 5. The maximum absolute atomic E-state index is 5.82. The van der Waals surface area contributed by atoms with Gasteiger partial charge in [-0.25, -0.2) is 4.99 Å². The smallest absolute Gasteiger partial charge is 0.193 e. The number of guanidine groups is 1. The minimum absolute atomic E-state index is 0.344. The summed E-state index contributed by atoms with van der Waals surface area (Å²) < 4.78 is 6.02. The van der Waals surface area contributed by atoms with Gasteiger partial charge in [0.25, 0.3) is 0 Å². The van der Waals surface area contributed by atoms with Crippen molar-refractivity contribution in [1.29, 1.82) is 0 Å². The molecule has 3 N–H and O–H groups in total. The molecular weight excluding hydrogens is 294 g/mol. The van der Waals surface area contributed by atoms with Crippen molar-refractivity contribution in [3.8, 4) is 5.75 Å². The maximum Gasteiger partial charge on any atom is 0.193 e. The summed E-state index contributed by atoms with van der Waals surface area (Å²) in [5.41, 5.74) is 6.68. The van der Waals surface area contributed by atoms with Crippen LogP contribution >= 0.6 is 23.1 Å². The fraction of sp³-hybridized carbons (Fsp3) is 0.250. The number of aromatic nitrogens is 2. The lowest BCUT2D eigenvalue weighted by Crippen LogP contribution is -2.22. The Bertz CT molecular complexity index is 582. The molecule has 2 aromatic rings. The van der Waals surface area contributed by atoms with Crippen LogP contribution in [0.4, 0.5) is 5.69 Å². The lowest BCUT2D eigenvalue weighted by molar-refractivity contribution is 0.415. The molecule has 0 aliphatic rings. The molecule has 0 radical (unpaired) electrons. The summed E-state index contributed by atoms with van der Waals surface area (Å²) in [4.78, 5) is 4.23. The molecule has 0 saturated carbocycles. The van der Waals surface area contributed by atoms with Gasteiger partial charge in [-0.2, -0.15) is 0 Å². The minimum Gasteiger partial charge on any atom is -0.497 e. The molecule has 1 aromatic carbocycles. The number of thioether (sulfide) groups is 1. The van der Waals surface area contributed by atoms with E-state index in [1.54, 1.807) is 18.9 Å². The molecule has 0 aliphatic carbocycles. The second-order valence-electron chi connectivity index (χ2n) is 3.72. The predicted molar refractivity (Wildman–Crippen MR) is 83.6 cm³/mol. The average molecular weight is 309 g/mol. The van der Waals surface area contributed by atoms with Crippen molar-refractivity contribution in [2.75, 3.05) is 18.7 Å². The summed E-state index contributed by atoms with van der Waals surface area (Å²) in [7, 11) is 1.63. The van der Waals surface area contributed by atoms with Crippen molar-refractivity contribution in [1.82, 2.24) is 10.2 Å². The van der Waals surface area contributed by atoms with Gasteiger partial charge in [-0.3, -0.25) is 0 Å². The summed E-state index contributed by atoms with van der Waals surface area (Å²) in [5.74, 6) is 1.14. The van der Waals surface area contributed by atoms with Gasteiger partial charge >= 0.3 is 0 Å². The fourth-order valence-electron chi connectivity index (χ4n) is 1.40. The van der Waals surface area contributed by atoms with Crippen LogP contribution in [0.5, 0.6) is 5.75 Å². The molecule has 20 heavy (non-hydrogen) atoms. The van der Waals surface area contributed by atoms with Crippen LogP contribution in [0.2, 0.25) is 0 Å². The second-order valence-corrected chi connectivity index (χ2v) is 5.84. The van der Waals surface area contributed by atoms with Crippen molar-refractivity contribution in [2.45, 2.75) is 10.9 Å². The Balaban J connectivity index is 1.92. The molecule has 0 aliphatic heterocycles. The zero-order valence-electron chi connectivity index (χ0n) is 11.2. The first-order chi connectivity index (χ1) is 9.71. The molecule has 8 heteroatoms. The van der Waals surface area contributed by atoms with E-state index in [4.69, 9.17) is 10.5 Å². The number of nitrogens with one attached hydrogen (secondary N) is 1. The number of nitrogens with zero attached hydrogens (tertiary/aromatic N) is 3. The number of nitrogens with two attached hydrogens (primary N) is 1. The SMILES string of the molecule is COc1ccc(NC(N)=NCc2nnc(SC)s2)cc1. The molecule has 0 fully saturated rings. The molecule has 1 aromatic heterocycles. The highest BCUT2D eigenvalue weighted by molar-refractivity contribution is 8.00. The van der Waals surface area contributed by atoms with E-state index in [1.165, 1.54) is 11.3 Å². The number of benzene rings is 1. The normalized spacial score (nSPS) is 11.4. The third-order valence-corrected chi connectivity index (χ3v) is 4.25. The second kappa shape index (κ2) is 7.11. The van der Waals surface area contributed by atoms with Gasteiger partial charge < -0.3 is 15.8 Å². The van der Waals surface area contributed by atoms with Crippen molar-refractivity contribution >= 4 is 34.7 Å². The average Bonchev–Trinajstić information content (AvgIpc) is 2.94. The Kier molecular flexibility index (Phi) is 5.19. The Hall–Kier alpha value is -1.80. The van der Waals surface area contributed by atoms with Gasteiger partial charge in [0.1, 0.15) is 10.8 Å². The summed E-state index contributed by atoms with van der Waals surface area (Å²) in [6.45, 7) is 0.424. The van der Waals surface area contributed by atoms with Gasteiger partial charge in [0.2, 0.25) is 0 Å². The molecule has 2 rings (SSSR count). The van der Waals surface area contributed by atoms with Gasteiger partial charge in [0.05, 0.1) is 13.7 Å². The quantitative estimate of drug-likeness (QED) is 0.500. The van der Waals surface area contributed by atoms with Gasteiger partial charge in [-0.1, -0.05) is 23.1 Å². The van der Waals surface area contributed by atoms with Gasteiger partial charge in [0.15, 0.2) is 10.3 Å². The molecule has 1 heterocycles. The van der Waals surface area contributed by atoms with Crippen LogP contribution in [-0.2, 0) is 6.54 Å². The predicted octanol–water partition coefficient (Wildman–Crippen LogP) is 2.20. The van der Waals surface area contributed by atoms with E-state index in [1.807, 2.05) is 30.5 Å². The lowest BCUT2D eigenvalue weighted by atomic mass is 10.3. The fourth-order valence-corrected chi connectivity index (χ4v) is 2.64. The number of hydrogen-bond acceptors (Lipinski definition) is 6. The summed E-state index contributed by atoms with van der Waals surface area (Å²) >= 11 is 3.09. The molecule has 106 valence electrons. The lowest BCUT2D eigenvalue weighted by Gasteiger charge is -2.06. The van der Waals surface area contributed by atoms with Crippen molar-refractivity contribution in [3.05, 3.63) is 29.3 Å². The molecule has 0 atom stereocenters. The number of anilines is 1. The molecular formula is C12H15N5OS2. The van der Waals surface area contributed by atoms with Crippen LogP contribution in [0.25, 0.3) is 0 Å². The Morgan fingerprint density at radius 3 is 2.75 bits per heavy atom. The zero-order chi connectivity index (χ0) is 14.4. The van der Waals surface area contributed by atoms with E-state index >= 15 is 0 Å². The molecule has 0 bridgehead atoms. The highest BCUT2D eigenvalue weighted by Crippen LogP contribution is 2.20. The van der Waals surface area contributed by atoms with Gasteiger partial charge in [-0.05, 0) is 30.5 Å². The number of aliphatic imine (C=N–C) groups is 1. The number of ether oxygens (including phenoxy) is 1. The maximum atomic E-state index is 5.82. The van der Waals surface area contributed by atoms with Crippen LogP contribution in [0.15, 0.2) is 33.6 Å².